The molecule has 0 atom stereocenters. The molecule has 0 saturated carbocycles. The van der Waals surface area contributed by atoms with Gasteiger partial charge in [-0.1, -0.05) is 11.6 Å². The molecular formula is C10H4BrClN2O. The maximum absolute atomic E-state index is 6.02. The van der Waals surface area contributed by atoms with Gasteiger partial charge in [-0.15, -0.1) is 0 Å². The van der Waals surface area contributed by atoms with Gasteiger partial charge < -0.3 is 4.42 Å². The molecule has 0 radical (unpaired) electrons. The largest absolute Gasteiger partial charge is 0.463 e. The number of nitrogens with zero attached hydrogens (tertiary/aromatic N) is 2. The van der Waals surface area contributed by atoms with E-state index in [1.807, 2.05) is 12.1 Å². The van der Waals surface area contributed by atoms with Gasteiger partial charge in [0.2, 0.25) is 0 Å². The van der Waals surface area contributed by atoms with Gasteiger partial charge in [0, 0.05) is 9.86 Å². The standard InChI is InChI=1S/C10H4BrClN2O/c11-6-3-7-8(10(12)14-4-13-7)9-5(6)1-2-15-9/h1-4H. The Bertz CT molecular complexity index is 665. The first-order valence-corrected chi connectivity index (χ1v) is 5.40. The van der Waals surface area contributed by atoms with Crippen LogP contribution in [0.25, 0.3) is 21.9 Å². The molecule has 3 nitrogen and oxygen atoms in total. The normalized spacial score (nSPS) is 11.3. The zero-order chi connectivity index (χ0) is 10.4. The molecule has 0 fully saturated rings. The fourth-order valence-electron chi connectivity index (χ4n) is 1.58. The fourth-order valence-corrected chi connectivity index (χ4v) is 2.34. The van der Waals surface area contributed by atoms with Crippen molar-refractivity contribution in [3.8, 4) is 0 Å². The van der Waals surface area contributed by atoms with Crippen LogP contribution in [0.2, 0.25) is 5.15 Å². The van der Waals surface area contributed by atoms with Crippen LogP contribution in [0.3, 0.4) is 0 Å². The van der Waals surface area contributed by atoms with Gasteiger partial charge in [-0.2, -0.15) is 0 Å². The minimum absolute atomic E-state index is 0.410. The highest BCUT2D eigenvalue weighted by Gasteiger charge is 2.11. The molecule has 15 heavy (non-hydrogen) atoms. The summed E-state index contributed by atoms with van der Waals surface area (Å²) in [6.07, 6.45) is 3.06. The van der Waals surface area contributed by atoms with E-state index in [0.717, 1.165) is 20.8 Å². The minimum atomic E-state index is 0.410. The molecule has 3 rings (SSSR count). The molecule has 3 aromatic rings. The zero-order valence-electron chi connectivity index (χ0n) is 7.37. The van der Waals surface area contributed by atoms with Crippen molar-refractivity contribution in [3.63, 3.8) is 0 Å². The van der Waals surface area contributed by atoms with Crippen LogP contribution in [0.5, 0.6) is 0 Å². The Kier molecular flexibility index (Phi) is 1.94. The van der Waals surface area contributed by atoms with Gasteiger partial charge in [0.15, 0.2) is 0 Å². The summed E-state index contributed by atoms with van der Waals surface area (Å²) in [6.45, 7) is 0. The summed E-state index contributed by atoms with van der Waals surface area (Å²) in [5, 5.41) is 2.13. The maximum atomic E-state index is 6.02. The van der Waals surface area contributed by atoms with Crippen molar-refractivity contribution >= 4 is 49.4 Å². The highest BCUT2D eigenvalue weighted by atomic mass is 79.9. The third-order valence-electron chi connectivity index (χ3n) is 2.24. The van der Waals surface area contributed by atoms with E-state index in [-0.39, 0.29) is 0 Å². The zero-order valence-corrected chi connectivity index (χ0v) is 9.71. The van der Waals surface area contributed by atoms with Crippen LogP contribution in [0.4, 0.5) is 0 Å². The Hall–Kier alpha value is -1.13. The molecule has 2 heterocycles. The Morgan fingerprint density at radius 3 is 3.07 bits per heavy atom. The van der Waals surface area contributed by atoms with Crippen molar-refractivity contribution in [2.75, 3.05) is 0 Å². The smallest absolute Gasteiger partial charge is 0.147 e. The summed E-state index contributed by atoms with van der Waals surface area (Å²) >= 11 is 9.48. The van der Waals surface area contributed by atoms with Crippen LogP contribution in [-0.4, -0.2) is 9.97 Å². The van der Waals surface area contributed by atoms with Crippen LogP contribution in [0.15, 0.2) is 33.6 Å². The number of fused-ring (bicyclic) bond motifs is 3. The molecule has 5 heteroatoms. The van der Waals surface area contributed by atoms with Crippen molar-refractivity contribution in [1.82, 2.24) is 9.97 Å². The van der Waals surface area contributed by atoms with Crippen LogP contribution in [0.1, 0.15) is 0 Å². The predicted molar refractivity (Wildman–Crippen MR) is 62.0 cm³/mol. The first kappa shape index (κ1) is 9.12. The Labute approximate surface area is 98.2 Å². The van der Waals surface area contributed by atoms with Gasteiger partial charge in [0.25, 0.3) is 0 Å². The Morgan fingerprint density at radius 2 is 2.20 bits per heavy atom. The van der Waals surface area contributed by atoms with Gasteiger partial charge in [0.1, 0.15) is 17.1 Å². The second-order valence-electron chi connectivity index (χ2n) is 3.08. The number of hydrogen-bond acceptors (Lipinski definition) is 3. The monoisotopic (exact) mass is 282 g/mol. The molecule has 0 aliphatic rings. The highest BCUT2D eigenvalue weighted by Crippen LogP contribution is 2.34. The molecule has 0 amide bonds. The summed E-state index contributed by atoms with van der Waals surface area (Å²) in [7, 11) is 0. The van der Waals surface area contributed by atoms with Crippen molar-refractivity contribution in [3.05, 3.63) is 34.3 Å². The molecule has 0 aliphatic heterocycles. The summed E-state index contributed by atoms with van der Waals surface area (Å²) in [5.41, 5.74) is 1.48. The quantitative estimate of drug-likeness (QED) is 0.589. The SMILES string of the molecule is Clc1ncnc2cc(Br)c3ccoc3c12. The number of benzene rings is 1. The van der Waals surface area contributed by atoms with E-state index in [1.54, 1.807) is 6.26 Å². The predicted octanol–water partition coefficient (Wildman–Crippen LogP) is 3.79. The average molecular weight is 284 g/mol. The Morgan fingerprint density at radius 1 is 1.33 bits per heavy atom. The molecule has 2 aromatic heterocycles. The van der Waals surface area contributed by atoms with Gasteiger partial charge >= 0.3 is 0 Å². The molecule has 0 spiro atoms. The average Bonchev–Trinajstić information content (AvgIpc) is 2.66. The van der Waals surface area contributed by atoms with Crippen LogP contribution in [-0.2, 0) is 0 Å². The number of furan rings is 1. The Balaban J connectivity index is 2.68. The van der Waals surface area contributed by atoms with Gasteiger partial charge in [-0.3, -0.25) is 0 Å². The molecular weight excluding hydrogens is 279 g/mol. The van der Waals surface area contributed by atoms with E-state index in [9.17, 15) is 0 Å². The van der Waals surface area contributed by atoms with E-state index in [4.69, 9.17) is 16.0 Å². The minimum Gasteiger partial charge on any atom is -0.463 e. The van der Waals surface area contributed by atoms with Crippen molar-refractivity contribution in [2.45, 2.75) is 0 Å². The van der Waals surface area contributed by atoms with Crippen molar-refractivity contribution in [2.24, 2.45) is 0 Å². The molecule has 0 N–H and O–H groups in total. The third-order valence-corrected chi connectivity index (χ3v) is 3.19. The fraction of sp³-hybridized carbons (Fsp3) is 0. The van der Waals surface area contributed by atoms with E-state index >= 15 is 0 Å². The number of aromatic nitrogens is 2. The number of rotatable bonds is 0. The lowest BCUT2D eigenvalue weighted by Gasteiger charge is -2.01. The lowest BCUT2D eigenvalue weighted by atomic mass is 10.2. The lowest BCUT2D eigenvalue weighted by Crippen LogP contribution is -1.84. The second-order valence-corrected chi connectivity index (χ2v) is 4.29. The molecule has 74 valence electrons. The molecule has 0 bridgehead atoms. The van der Waals surface area contributed by atoms with Crippen LogP contribution in [0, 0.1) is 0 Å². The summed E-state index contributed by atoms with van der Waals surface area (Å²) in [4.78, 5) is 8.09. The molecule has 0 aliphatic carbocycles. The van der Waals surface area contributed by atoms with E-state index in [1.165, 1.54) is 6.33 Å². The summed E-state index contributed by atoms with van der Waals surface area (Å²) in [6, 6.07) is 3.78. The number of hydrogen-bond donors (Lipinski definition) is 0. The summed E-state index contributed by atoms with van der Waals surface area (Å²) < 4.78 is 6.34. The van der Waals surface area contributed by atoms with Crippen LogP contribution >= 0.6 is 27.5 Å². The van der Waals surface area contributed by atoms with Gasteiger partial charge in [-0.05, 0) is 28.1 Å². The lowest BCUT2D eigenvalue weighted by molar-refractivity contribution is 0.619. The van der Waals surface area contributed by atoms with Crippen molar-refractivity contribution in [1.29, 1.82) is 0 Å². The first-order valence-electron chi connectivity index (χ1n) is 4.23. The molecule has 0 unspecified atom stereocenters. The number of halogens is 2. The first-order chi connectivity index (χ1) is 7.27. The van der Waals surface area contributed by atoms with E-state index in [0.29, 0.717) is 10.7 Å². The molecule has 0 saturated heterocycles. The van der Waals surface area contributed by atoms with E-state index in [2.05, 4.69) is 25.9 Å². The third kappa shape index (κ3) is 1.25. The van der Waals surface area contributed by atoms with Gasteiger partial charge in [-0.25, -0.2) is 9.97 Å². The molecule has 1 aromatic carbocycles. The van der Waals surface area contributed by atoms with Crippen molar-refractivity contribution < 1.29 is 4.42 Å². The highest BCUT2D eigenvalue weighted by molar-refractivity contribution is 9.10. The summed E-state index contributed by atoms with van der Waals surface area (Å²) in [5.74, 6) is 0. The second kappa shape index (κ2) is 3.18. The maximum Gasteiger partial charge on any atom is 0.147 e. The van der Waals surface area contributed by atoms with E-state index < -0.39 is 0 Å². The topological polar surface area (TPSA) is 38.9 Å². The van der Waals surface area contributed by atoms with Crippen LogP contribution < -0.4 is 0 Å². The van der Waals surface area contributed by atoms with Gasteiger partial charge in [0.05, 0.1) is 17.2 Å².